The Morgan fingerprint density at radius 2 is 1.62 bits per heavy atom. The molecule has 5 heteroatoms. The molecule has 4 N–H and O–H groups in total. The van der Waals surface area contributed by atoms with Gasteiger partial charge in [-0.25, -0.2) is 0 Å². The molecule has 2 rings (SSSR count). The molecule has 0 aromatic heterocycles. The van der Waals surface area contributed by atoms with Crippen molar-refractivity contribution in [3.63, 3.8) is 0 Å². The Morgan fingerprint density at radius 1 is 1.12 bits per heavy atom. The third-order valence-corrected chi connectivity index (χ3v) is 5.64. The van der Waals surface area contributed by atoms with Crippen molar-refractivity contribution in [2.75, 3.05) is 30.8 Å². The highest BCUT2D eigenvalue weighted by Crippen LogP contribution is 2.35. The van der Waals surface area contributed by atoms with Gasteiger partial charge in [-0.05, 0) is 82.8 Å². The first-order valence-electron chi connectivity index (χ1n) is 8.85. The van der Waals surface area contributed by atoms with E-state index < -0.39 is 0 Å². The molecule has 1 unspecified atom stereocenters. The van der Waals surface area contributed by atoms with Crippen LogP contribution in [0.3, 0.4) is 0 Å². The van der Waals surface area contributed by atoms with E-state index in [9.17, 15) is 4.79 Å². The van der Waals surface area contributed by atoms with E-state index >= 15 is 0 Å². The second kappa shape index (κ2) is 7.43. The summed E-state index contributed by atoms with van der Waals surface area (Å²) in [7, 11) is 2.00. The van der Waals surface area contributed by atoms with Gasteiger partial charge in [0.2, 0.25) is 5.91 Å². The number of rotatable bonds is 4. The number of anilines is 2. The number of carbonyl (C=O) groups is 1. The average molecular weight is 332 g/mol. The summed E-state index contributed by atoms with van der Waals surface area (Å²) in [5.41, 5.74) is 12.7. The van der Waals surface area contributed by atoms with Gasteiger partial charge in [-0.3, -0.25) is 4.79 Å². The fourth-order valence-electron chi connectivity index (χ4n) is 3.51. The highest BCUT2D eigenvalue weighted by molar-refractivity contribution is 5.86. The molecule has 1 amide bonds. The number of hydrogen-bond acceptors (Lipinski definition) is 4. The molecule has 134 valence electrons. The molecule has 1 atom stereocenters. The third-order valence-electron chi connectivity index (χ3n) is 5.64. The Kier molecular flexibility index (Phi) is 5.75. The molecule has 1 fully saturated rings. The van der Waals surface area contributed by atoms with Crippen molar-refractivity contribution >= 4 is 17.3 Å². The standard InChI is InChI=1S/C19H32N4O/c1-11-13(3)18(14(4)12(2)17(11)20)23(6)15(5)19(24)22-16-7-9-21-10-8-16/h15-16,21H,7-10,20H2,1-6H3,(H,22,24). The molecule has 0 saturated carbocycles. The normalized spacial score (nSPS) is 16.8. The lowest BCUT2D eigenvalue weighted by Crippen LogP contribution is -2.50. The SMILES string of the molecule is Cc1c(C)c(N(C)C(C)C(=O)NC2CCNCC2)c(C)c(C)c1N. The Morgan fingerprint density at radius 3 is 2.12 bits per heavy atom. The van der Waals surface area contributed by atoms with Crippen molar-refractivity contribution in [1.29, 1.82) is 0 Å². The van der Waals surface area contributed by atoms with Crippen LogP contribution in [0.4, 0.5) is 11.4 Å². The topological polar surface area (TPSA) is 70.4 Å². The zero-order chi connectivity index (χ0) is 18.0. The summed E-state index contributed by atoms with van der Waals surface area (Å²) in [5.74, 6) is 0.0929. The first-order chi connectivity index (χ1) is 11.3. The lowest BCUT2D eigenvalue weighted by atomic mass is 9.95. The lowest BCUT2D eigenvalue weighted by molar-refractivity contribution is -0.122. The molecular formula is C19H32N4O. The smallest absolute Gasteiger partial charge is 0.242 e. The van der Waals surface area contributed by atoms with Gasteiger partial charge >= 0.3 is 0 Å². The number of hydrogen-bond donors (Lipinski definition) is 3. The van der Waals surface area contributed by atoms with Crippen LogP contribution >= 0.6 is 0 Å². The summed E-state index contributed by atoms with van der Waals surface area (Å²) < 4.78 is 0. The molecule has 1 aliphatic rings. The number of benzene rings is 1. The Bertz CT molecular complexity index is 591. The first kappa shape index (κ1) is 18.6. The Hall–Kier alpha value is -1.75. The number of piperidine rings is 1. The second-order valence-electron chi connectivity index (χ2n) is 7.08. The maximum atomic E-state index is 12.7. The Balaban J connectivity index is 2.21. The minimum Gasteiger partial charge on any atom is -0.398 e. The number of likely N-dealkylation sites (N-methyl/N-ethyl adjacent to an activating group) is 1. The molecule has 1 aliphatic heterocycles. The molecule has 5 nitrogen and oxygen atoms in total. The summed E-state index contributed by atoms with van der Waals surface area (Å²) in [6.45, 7) is 12.2. The highest BCUT2D eigenvalue weighted by atomic mass is 16.2. The van der Waals surface area contributed by atoms with Crippen molar-refractivity contribution in [2.45, 2.75) is 59.5 Å². The van der Waals surface area contributed by atoms with Gasteiger partial charge in [0, 0.05) is 24.5 Å². The fraction of sp³-hybridized carbons (Fsp3) is 0.632. The number of carbonyl (C=O) groups excluding carboxylic acids is 1. The average Bonchev–Trinajstić information content (AvgIpc) is 2.58. The summed E-state index contributed by atoms with van der Waals surface area (Å²) in [6.07, 6.45) is 2.00. The minimum atomic E-state index is -0.222. The maximum absolute atomic E-state index is 12.7. The van der Waals surface area contributed by atoms with Gasteiger partial charge in [0.25, 0.3) is 0 Å². The maximum Gasteiger partial charge on any atom is 0.242 e. The predicted molar refractivity (Wildman–Crippen MR) is 102 cm³/mol. The molecule has 0 aliphatic carbocycles. The van der Waals surface area contributed by atoms with E-state index in [2.05, 4.69) is 29.4 Å². The van der Waals surface area contributed by atoms with E-state index in [-0.39, 0.29) is 18.0 Å². The number of nitrogens with two attached hydrogens (primary N) is 1. The van der Waals surface area contributed by atoms with E-state index in [0.717, 1.165) is 59.6 Å². The first-order valence-corrected chi connectivity index (χ1v) is 8.85. The predicted octanol–water partition coefficient (Wildman–Crippen LogP) is 2.20. The van der Waals surface area contributed by atoms with Crippen molar-refractivity contribution < 1.29 is 4.79 Å². The lowest BCUT2D eigenvalue weighted by Gasteiger charge is -2.33. The van der Waals surface area contributed by atoms with Crippen LogP contribution in [-0.2, 0) is 4.79 Å². The van der Waals surface area contributed by atoms with E-state index in [0.29, 0.717) is 0 Å². The number of nitrogen functional groups attached to an aromatic ring is 1. The van der Waals surface area contributed by atoms with Crippen molar-refractivity contribution in [3.05, 3.63) is 22.3 Å². The monoisotopic (exact) mass is 332 g/mol. The van der Waals surface area contributed by atoms with Crippen molar-refractivity contribution in [3.8, 4) is 0 Å². The van der Waals surface area contributed by atoms with E-state index in [4.69, 9.17) is 5.73 Å². The molecule has 1 heterocycles. The second-order valence-corrected chi connectivity index (χ2v) is 7.08. The van der Waals surface area contributed by atoms with Gasteiger partial charge in [0.15, 0.2) is 0 Å². The van der Waals surface area contributed by atoms with E-state index in [1.165, 1.54) is 0 Å². The van der Waals surface area contributed by atoms with Crippen molar-refractivity contribution in [2.24, 2.45) is 0 Å². The van der Waals surface area contributed by atoms with Gasteiger partial charge in [-0.2, -0.15) is 0 Å². The van der Waals surface area contributed by atoms with Crippen LogP contribution in [-0.4, -0.2) is 38.1 Å². The van der Waals surface area contributed by atoms with E-state index in [1.54, 1.807) is 0 Å². The number of nitrogens with zero attached hydrogens (tertiary/aromatic N) is 1. The number of amides is 1. The molecular weight excluding hydrogens is 300 g/mol. The van der Waals surface area contributed by atoms with Crippen LogP contribution in [0.2, 0.25) is 0 Å². The van der Waals surface area contributed by atoms with Crippen LogP contribution in [0.1, 0.15) is 42.0 Å². The third kappa shape index (κ3) is 3.51. The molecule has 0 spiro atoms. The number of nitrogens with one attached hydrogen (secondary N) is 2. The van der Waals surface area contributed by atoms with Crippen molar-refractivity contribution in [1.82, 2.24) is 10.6 Å². The summed E-state index contributed by atoms with van der Waals surface area (Å²) >= 11 is 0. The molecule has 0 radical (unpaired) electrons. The molecule has 1 aromatic rings. The van der Waals surface area contributed by atoms with Crippen LogP contribution in [0.25, 0.3) is 0 Å². The van der Waals surface area contributed by atoms with Crippen LogP contribution in [0.15, 0.2) is 0 Å². The highest BCUT2D eigenvalue weighted by Gasteiger charge is 2.25. The fourth-order valence-corrected chi connectivity index (χ4v) is 3.51. The van der Waals surface area contributed by atoms with Gasteiger partial charge in [-0.1, -0.05) is 0 Å². The summed E-state index contributed by atoms with van der Waals surface area (Å²) in [4.78, 5) is 14.8. The zero-order valence-electron chi connectivity index (χ0n) is 15.9. The molecule has 0 bridgehead atoms. The summed E-state index contributed by atoms with van der Waals surface area (Å²) in [6, 6.07) is 0.0615. The largest absolute Gasteiger partial charge is 0.398 e. The zero-order valence-corrected chi connectivity index (χ0v) is 15.9. The molecule has 24 heavy (non-hydrogen) atoms. The quantitative estimate of drug-likeness (QED) is 0.739. The van der Waals surface area contributed by atoms with Crippen LogP contribution < -0.4 is 21.3 Å². The van der Waals surface area contributed by atoms with Gasteiger partial charge in [-0.15, -0.1) is 0 Å². The Labute approximate surface area is 146 Å². The van der Waals surface area contributed by atoms with E-state index in [1.807, 2.05) is 27.8 Å². The summed E-state index contributed by atoms with van der Waals surface area (Å²) in [5, 5.41) is 6.53. The molecule has 1 aromatic carbocycles. The van der Waals surface area contributed by atoms with Gasteiger partial charge < -0.3 is 21.3 Å². The van der Waals surface area contributed by atoms with Crippen LogP contribution in [0, 0.1) is 27.7 Å². The molecule has 1 saturated heterocycles. The minimum absolute atomic E-state index is 0.0929. The van der Waals surface area contributed by atoms with Gasteiger partial charge in [0.1, 0.15) is 6.04 Å². The van der Waals surface area contributed by atoms with Crippen LogP contribution in [0.5, 0.6) is 0 Å². The van der Waals surface area contributed by atoms with Gasteiger partial charge in [0.05, 0.1) is 0 Å².